The van der Waals surface area contributed by atoms with E-state index in [-0.39, 0.29) is 11.5 Å². The zero-order valence-electron chi connectivity index (χ0n) is 9.29. The molecule has 5 nitrogen and oxygen atoms in total. The van der Waals surface area contributed by atoms with Crippen LogP contribution in [0, 0.1) is 0 Å². The lowest BCUT2D eigenvalue weighted by Gasteiger charge is -2.23. The number of amides is 1. The fourth-order valence-corrected chi connectivity index (χ4v) is 0.777. The van der Waals surface area contributed by atoms with Crippen molar-refractivity contribution in [2.24, 2.45) is 5.84 Å². The van der Waals surface area contributed by atoms with Gasteiger partial charge in [-0.1, -0.05) is 0 Å². The molecule has 1 unspecified atom stereocenters. The van der Waals surface area contributed by atoms with Crippen molar-refractivity contribution in [2.45, 2.75) is 38.9 Å². The normalized spacial score (nSPS) is 13.8. The quantitative estimate of drug-likeness (QED) is 0.368. The van der Waals surface area contributed by atoms with Crippen LogP contribution in [0.5, 0.6) is 0 Å². The van der Waals surface area contributed by atoms with Gasteiger partial charge in [0.05, 0.1) is 12.2 Å². The van der Waals surface area contributed by atoms with Crippen LogP contribution in [0.2, 0.25) is 0 Å². The van der Waals surface area contributed by atoms with Crippen LogP contribution in [0.3, 0.4) is 0 Å². The average Bonchev–Trinajstić information content (AvgIpc) is 2.16. The van der Waals surface area contributed by atoms with Crippen molar-refractivity contribution in [3.63, 3.8) is 0 Å². The predicted molar refractivity (Wildman–Crippen MR) is 53.4 cm³/mol. The highest BCUT2D eigenvalue weighted by atomic mass is 16.5. The summed E-state index contributed by atoms with van der Waals surface area (Å²) in [4.78, 5) is 10.9. The van der Waals surface area contributed by atoms with E-state index in [9.17, 15) is 4.79 Å². The minimum atomic E-state index is -0.521. The van der Waals surface area contributed by atoms with Crippen LogP contribution in [-0.4, -0.2) is 31.3 Å². The lowest BCUT2D eigenvalue weighted by Crippen LogP contribution is -2.39. The molecule has 0 aliphatic carbocycles. The van der Waals surface area contributed by atoms with Gasteiger partial charge in [0.1, 0.15) is 6.10 Å². The highest BCUT2D eigenvalue weighted by Gasteiger charge is 2.18. The van der Waals surface area contributed by atoms with E-state index in [1.165, 1.54) is 0 Å². The second-order valence-electron chi connectivity index (χ2n) is 3.74. The number of carbonyl (C=O) groups excluding carboxylic acids is 1. The summed E-state index contributed by atoms with van der Waals surface area (Å²) in [6.07, 6.45) is 0.207. The van der Waals surface area contributed by atoms with Gasteiger partial charge in [0.2, 0.25) is 0 Å². The monoisotopic (exact) mass is 204 g/mol. The van der Waals surface area contributed by atoms with Crippen molar-refractivity contribution >= 4 is 5.91 Å². The smallest absolute Gasteiger partial charge is 0.262 e. The Bertz CT molecular complexity index is 183. The molecule has 0 bridgehead atoms. The molecule has 0 aliphatic rings. The predicted octanol–water partition coefficient (Wildman–Crippen LogP) is 0.197. The Kier molecular flexibility index (Phi) is 5.68. The molecule has 14 heavy (non-hydrogen) atoms. The van der Waals surface area contributed by atoms with E-state index in [0.29, 0.717) is 6.61 Å². The zero-order valence-corrected chi connectivity index (χ0v) is 9.29. The van der Waals surface area contributed by atoms with E-state index >= 15 is 0 Å². The lowest BCUT2D eigenvalue weighted by atomic mass is 10.1. The first-order valence-corrected chi connectivity index (χ1v) is 4.60. The van der Waals surface area contributed by atoms with Gasteiger partial charge in [-0.3, -0.25) is 10.2 Å². The molecule has 1 atom stereocenters. The number of hydrogen-bond acceptors (Lipinski definition) is 4. The van der Waals surface area contributed by atoms with Crippen LogP contribution < -0.4 is 11.3 Å². The van der Waals surface area contributed by atoms with E-state index in [4.69, 9.17) is 15.3 Å². The highest BCUT2D eigenvalue weighted by molar-refractivity contribution is 5.79. The fourth-order valence-electron chi connectivity index (χ4n) is 0.777. The summed E-state index contributed by atoms with van der Waals surface area (Å²) in [6.45, 7) is 6.05. The summed E-state index contributed by atoms with van der Waals surface area (Å²) in [7, 11) is 1.65. The largest absolute Gasteiger partial charge is 0.379 e. The van der Waals surface area contributed by atoms with Gasteiger partial charge in [-0.05, 0) is 27.2 Å². The van der Waals surface area contributed by atoms with E-state index in [0.717, 1.165) is 6.42 Å². The number of carbonyl (C=O) groups is 1. The summed E-state index contributed by atoms with van der Waals surface area (Å²) in [6, 6.07) is 0. The molecule has 0 aromatic carbocycles. The third-order valence-corrected chi connectivity index (χ3v) is 2.14. The van der Waals surface area contributed by atoms with Crippen molar-refractivity contribution in [3.05, 3.63) is 0 Å². The van der Waals surface area contributed by atoms with Crippen LogP contribution in [-0.2, 0) is 14.3 Å². The van der Waals surface area contributed by atoms with Crippen LogP contribution in [0.15, 0.2) is 0 Å². The molecule has 0 aliphatic heterocycles. The third-order valence-electron chi connectivity index (χ3n) is 2.14. The minimum Gasteiger partial charge on any atom is -0.379 e. The molecule has 0 spiro atoms. The van der Waals surface area contributed by atoms with Gasteiger partial charge in [0, 0.05) is 7.11 Å². The Labute approximate surface area is 84.9 Å². The van der Waals surface area contributed by atoms with Crippen molar-refractivity contribution in [1.82, 2.24) is 5.43 Å². The Morgan fingerprint density at radius 3 is 2.57 bits per heavy atom. The first-order chi connectivity index (χ1) is 6.43. The van der Waals surface area contributed by atoms with Gasteiger partial charge in [0.15, 0.2) is 0 Å². The molecule has 84 valence electrons. The number of ether oxygens (including phenoxy) is 2. The topological polar surface area (TPSA) is 73.6 Å². The first kappa shape index (κ1) is 13.4. The van der Waals surface area contributed by atoms with Crippen molar-refractivity contribution in [3.8, 4) is 0 Å². The zero-order chi connectivity index (χ0) is 11.2. The SMILES string of the molecule is COC(C)(C)CCOC(C)C(=O)NN. The van der Waals surface area contributed by atoms with Gasteiger partial charge in [0.25, 0.3) is 5.91 Å². The maximum atomic E-state index is 10.9. The molecule has 0 saturated heterocycles. The molecule has 0 aromatic rings. The number of rotatable bonds is 6. The molecule has 5 heteroatoms. The molecule has 1 amide bonds. The maximum Gasteiger partial charge on any atom is 0.262 e. The van der Waals surface area contributed by atoms with Crippen LogP contribution in [0.4, 0.5) is 0 Å². The Morgan fingerprint density at radius 2 is 2.14 bits per heavy atom. The number of nitrogens with two attached hydrogens (primary N) is 1. The maximum absolute atomic E-state index is 10.9. The van der Waals surface area contributed by atoms with E-state index < -0.39 is 6.10 Å². The highest BCUT2D eigenvalue weighted by Crippen LogP contribution is 2.12. The second-order valence-corrected chi connectivity index (χ2v) is 3.74. The molecular weight excluding hydrogens is 184 g/mol. The number of hydrazine groups is 1. The molecule has 3 N–H and O–H groups in total. The van der Waals surface area contributed by atoms with Gasteiger partial charge < -0.3 is 9.47 Å². The molecule has 0 fully saturated rings. The van der Waals surface area contributed by atoms with E-state index in [1.54, 1.807) is 14.0 Å². The van der Waals surface area contributed by atoms with E-state index in [2.05, 4.69) is 0 Å². The minimum absolute atomic E-state index is 0.223. The van der Waals surface area contributed by atoms with Gasteiger partial charge in [-0.2, -0.15) is 0 Å². The Morgan fingerprint density at radius 1 is 1.57 bits per heavy atom. The summed E-state index contributed by atoms with van der Waals surface area (Å²) in [5.74, 6) is 4.63. The molecule has 0 saturated carbocycles. The Hall–Kier alpha value is -0.650. The Balaban J connectivity index is 3.69. The van der Waals surface area contributed by atoms with Gasteiger partial charge in [-0.25, -0.2) is 5.84 Å². The summed E-state index contributed by atoms with van der Waals surface area (Å²) < 4.78 is 10.5. The first-order valence-electron chi connectivity index (χ1n) is 4.60. The van der Waals surface area contributed by atoms with Crippen LogP contribution in [0.25, 0.3) is 0 Å². The number of nitrogens with one attached hydrogen (secondary N) is 1. The number of methoxy groups -OCH3 is 1. The molecule has 0 rings (SSSR count). The van der Waals surface area contributed by atoms with Crippen molar-refractivity contribution < 1.29 is 14.3 Å². The average molecular weight is 204 g/mol. The molecule has 0 aromatic heterocycles. The number of hydrogen-bond donors (Lipinski definition) is 2. The van der Waals surface area contributed by atoms with Gasteiger partial charge >= 0.3 is 0 Å². The molecular formula is C9H20N2O3. The van der Waals surface area contributed by atoms with Crippen LogP contribution in [0.1, 0.15) is 27.2 Å². The summed E-state index contributed by atoms with van der Waals surface area (Å²) in [5.41, 5.74) is 1.81. The van der Waals surface area contributed by atoms with Crippen LogP contribution >= 0.6 is 0 Å². The van der Waals surface area contributed by atoms with Crippen molar-refractivity contribution in [1.29, 1.82) is 0 Å². The third kappa shape index (κ3) is 5.16. The lowest BCUT2D eigenvalue weighted by molar-refractivity contribution is -0.132. The summed E-state index contributed by atoms with van der Waals surface area (Å²) >= 11 is 0. The molecule has 0 heterocycles. The standard InChI is InChI=1S/C9H20N2O3/c1-7(8(12)11-10)14-6-5-9(2,3)13-4/h7H,5-6,10H2,1-4H3,(H,11,12). The van der Waals surface area contributed by atoms with Crippen molar-refractivity contribution in [2.75, 3.05) is 13.7 Å². The van der Waals surface area contributed by atoms with E-state index in [1.807, 2.05) is 19.3 Å². The second kappa shape index (κ2) is 5.95. The molecule has 0 radical (unpaired) electrons. The fraction of sp³-hybridized carbons (Fsp3) is 0.889. The van der Waals surface area contributed by atoms with Gasteiger partial charge in [-0.15, -0.1) is 0 Å². The summed E-state index contributed by atoms with van der Waals surface area (Å²) in [5, 5.41) is 0.